The highest BCUT2D eigenvalue weighted by molar-refractivity contribution is 6.08. The molecule has 3 N–H and O–H groups in total. The van der Waals surface area contributed by atoms with Gasteiger partial charge in [-0.05, 0) is 13.0 Å². The molecule has 1 aromatic rings. The summed E-state index contributed by atoms with van der Waals surface area (Å²) in [6, 6.07) is 6.71. The maximum absolute atomic E-state index is 10.9. The van der Waals surface area contributed by atoms with Crippen molar-refractivity contribution in [3.63, 3.8) is 0 Å². The summed E-state index contributed by atoms with van der Waals surface area (Å²) in [5.74, 6) is -0.529. The molecule has 13 heavy (non-hydrogen) atoms. The zero-order chi connectivity index (χ0) is 9.84. The van der Waals surface area contributed by atoms with Crippen molar-refractivity contribution in [2.45, 2.75) is 6.92 Å². The number of nitrogens with two attached hydrogens (primary N) is 1. The lowest BCUT2D eigenvalue weighted by Crippen LogP contribution is -2.15. The van der Waals surface area contributed by atoms with Crippen LogP contribution in [0.2, 0.25) is 0 Å². The highest BCUT2D eigenvalue weighted by atomic mass is 16.4. The van der Waals surface area contributed by atoms with E-state index in [2.05, 4.69) is 5.16 Å². The molecule has 4 heteroatoms. The Morgan fingerprint density at radius 3 is 2.38 bits per heavy atom. The van der Waals surface area contributed by atoms with E-state index in [0.717, 1.165) is 0 Å². The minimum atomic E-state index is -0.529. The van der Waals surface area contributed by atoms with Gasteiger partial charge in [-0.15, -0.1) is 0 Å². The number of nitrogens with zero attached hydrogens (tertiary/aromatic N) is 1. The molecule has 0 atom stereocenters. The number of oxime groups is 1. The van der Waals surface area contributed by atoms with E-state index in [1.165, 1.54) is 0 Å². The minimum Gasteiger partial charge on any atom is -0.411 e. The van der Waals surface area contributed by atoms with Crippen LogP contribution in [0.1, 0.15) is 22.8 Å². The van der Waals surface area contributed by atoms with Gasteiger partial charge >= 0.3 is 0 Å². The number of hydrogen-bond donors (Lipinski definition) is 2. The molecule has 0 spiro atoms. The summed E-state index contributed by atoms with van der Waals surface area (Å²) < 4.78 is 0. The summed E-state index contributed by atoms with van der Waals surface area (Å²) in [5, 5.41) is 11.5. The first-order valence-electron chi connectivity index (χ1n) is 3.74. The predicted octanol–water partition coefficient (Wildman–Crippen LogP) is 0.984. The summed E-state index contributed by atoms with van der Waals surface area (Å²) in [7, 11) is 0. The number of carbonyl (C=O) groups is 1. The van der Waals surface area contributed by atoms with Crippen LogP contribution in [0.15, 0.2) is 29.4 Å². The van der Waals surface area contributed by atoms with Gasteiger partial charge in [0.15, 0.2) is 0 Å². The molecule has 0 fully saturated rings. The van der Waals surface area contributed by atoms with Crippen LogP contribution in [-0.2, 0) is 0 Å². The third-order valence-corrected chi connectivity index (χ3v) is 1.73. The van der Waals surface area contributed by atoms with Crippen molar-refractivity contribution in [3.8, 4) is 0 Å². The van der Waals surface area contributed by atoms with Crippen LogP contribution in [0.5, 0.6) is 0 Å². The molecule has 1 rings (SSSR count). The zero-order valence-electron chi connectivity index (χ0n) is 7.19. The Morgan fingerprint density at radius 2 is 1.92 bits per heavy atom. The first kappa shape index (κ1) is 9.25. The molecule has 0 unspecified atom stereocenters. The standard InChI is InChI=1S/C9H10N2O2/c1-6(11-13)7-4-2-3-5-8(7)9(10)12/h2-5,13H,1H3,(H2,10,12). The van der Waals surface area contributed by atoms with E-state index in [9.17, 15) is 4.79 Å². The quantitative estimate of drug-likeness (QED) is 0.402. The molecular weight excluding hydrogens is 168 g/mol. The van der Waals surface area contributed by atoms with Gasteiger partial charge in [0.2, 0.25) is 5.91 Å². The number of amides is 1. The van der Waals surface area contributed by atoms with Gasteiger partial charge in [-0.3, -0.25) is 4.79 Å². The van der Waals surface area contributed by atoms with Crippen LogP contribution in [0.3, 0.4) is 0 Å². The van der Waals surface area contributed by atoms with Gasteiger partial charge in [0.05, 0.1) is 5.71 Å². The fraction of sp³-hybridized carbons (Fsp3) is 0.111. The molecule has 1 aromatic carbocycles. The topological polar surface area (TPSA) is 75.7 Å². The van der Waals surface area contributed by atoms with Crippen LogP contribution < -0.4 is 5.73 Å². The van der Waals surface area contributed by atoms with Crippen molar-refractivity contribution in [1.82, 2.24) is 0 Å². The molecule has 0 aliphatic carbocycles. The largest absolute Gasteiger partial charge is 0.411 e. The first-order valence-corrected chi connectivity index (χ1v) is 3.74. The first-order chi connectivity index (χ1) is 6.16. The Balaban J connectivity index is 3.28. The highest BCUT2D eigenvalue weighted by Gasteiger charge is 2.08. The Bertz CT molecular complexity index is 358. The number of primary amides is 1. The molecule has 0 saturated heterocycles. The van der Waals surface area contributed by atoms with Crippen molar-refractivity contribution in [2.24, 2.45) is 10.9 Å². The lowest BCUT2D eigenvalue weighted by Gasteiger charge is -2.03. The lowest BCUT2D eigenvalue weighted by molar-refractivity contribution is 0.1000. The summed E-state index contributed by atoms with van der Waals surface area (Å²) in [4.78, 5) is 10.9. The van der Waals surface area contributed by atoms with Crippen molar-refractivity contribution in [3.05, 3.63) is 35.4 Å². The maximum atomic E-state index is 10.9. The second-order valence-corrected chi connectivity index (χ2v) is 2.60. The number of carbonyl (C=O) groups excluding carboxylic acids is 1. The molecular formula is C9H10N2O2. The molecule has 68 valence electrons. The summed E-state index contributed by atoms with van der Waals surface area (Å²) >= 11 is 0. The van der Waals surface area contributed by atoms with Crippen molar-refractivity contribution >= 4 is 11.6 Å². The molecule has 0 aromatic heterocycles. The van der Waals surface area contributed by atoms with Crippen LogP contribution in [-0.4, -0.2) is 16.8 Å². The van der Waals surface area contributed by atoms with Crippen LogP contribution in [0, 0.1) is 0 Å². The molecule has 0 saturated carbocycles. The highest BCUT2D eigenvalue weighted by Crippen LogP contribution is 2.08. The van der Waals surface area contributed by atoms with Crippen molar-refractivity contribution in [2.75, 3.05) is 0 Å². The lowest BCUT2D eigenvalue weighted by atomic mass is 10.0. The van der Waals surface area contributed by atoms with Crippen LogP contribution in [0.25, 0.3) is 0 Å². The van der Waals surface area contributed by atoms with E-state index < -0.39 is 5.91 Å². The van der Waals surface area contributed by atoms with E-state index >= 15 is 0 Å². The van der Waals surface area contributed by atoms with E-state index in [1.807, 2.05) is 0 Å². The van der Waals surface area contributed by atoms with Gasteiger partial charge in [-0.1, -0.05) is 23.4 Å². The fourth-order valence-corrected chi connectivity index (χ4v) is 1.07. The summed E-state index contributed by atoms with van der Waals surface area (Å²) in [6.45, 7) is 1.60. The minimum absolute atomic E-state index is 0.359. The Labute approximate surface area is 75.7 Å². The smallest absolute Gasteiger partial charge is 0.249 e. The van der Waals surface area contributed by atoms with Gasteiger partial charge in [0.25, 0.3) is 0 Å². The maximum Gasteiger partial charge on any atom is 0.249 e. The van der Waals surface area contributed by atoms with E-state index in [0.29, 0.717) is 16.8 Å². The van der Waals surface area contributed by atoms with Gasteiger partial charge in [0, 0.05) is 11.1 Å². The number of benzene rings is 1. The molecule has 4 nitrogen and oxygen atoms in total. The van der Waals surface area contributed by atoms with Crippen LogP contribution in [0.4, 0.5) is 0 Å². The van der Waals surface area contributed by atoms with Gasteiger partial charge in [0.1, 0.15) is 0 Å². The van der Waals surface area contributed by atoms with E-state index in [1.54, 1.807) is 31.2 Å². The molecule has 0 radical (unpaired) electrons. The number of hydrogen-bond acceptors (Lipinski definition) is 3. The van der Waals surface area contributed by atoms with Gasteiger partial charge in [-0.2, -0.15) is 0 Å². The number of rotatable bonds is 2. The zero-order valence-corrected chi connectivity index (χ0v) is 7.19. The van der Waals surface area contributed by atoms with Gasteiger partial charge in [-0.25, -0.2) is 0 Å². The van der Waals surface area contributed by atoms with Crippen LogP contribution >= 0.6 is 0 Å². The molecule has 1 amide bonds. The van der Waals surface area contributed by atoms with Crippen molar-refractivity contribution < 1.29 is 10.0 Å². The van der Waals surface area contributed by atoms with E-state index in [4.69, 9.17) is 10.9 Å². The monoisotopic (exact) mass is 178 g/mol. The average molecular weight is 178 g/mol. The molecule has 0 heterocycles. The summed E-state index contributed by atoms with van der Waals surface area (Å²) in [6.07, 6.45) is 0. The second kappa shape index (κ2) is 3.71. The Kier molecular flexibility index (Phi) is 2.64. The Hall–Kier alpha value is -1.84. The SMILES string of the molecule is CC(=NO)c1ccccc1C(N)=O. The summed E-state index contributed by atoms with van der Waals surface area (Å²) in [5.41, 5.74) is 6.41. The molecule has 0 aliphatic rings. The molecule has 0 aliphatic heterocycles. The Morgan fingerprint density at radius 1 is 1.38 bits per heavy atom. The third kappa shape index (κ3) is 1.84. The van der Waals surface area contributed by atoms with Crippen molar-refractivity contribution in [1.29, 1.82) is 0 Å². The van der Waals surface area contributed by atoms with E-state index in [-0.39, 0.29) is 0 Å². The third-order valence-electron chi connectivity index (χ3n) is 1.73. The van der Waals surface area contributed by atoms with Gasteiger partial charge < -0.3 is 10.9 Å². The normalized spacial score (nSPS) is 11.3. The average Bonchev–Trinajstić information content (AvgIpc) is 2.16. The predicted molar refractivity (Wildman–Crippen MR) is 49.0 cm³/mol. The molecule has 0 bridgehead atoms. The fourth-order valence-electron chi connectivity index (χ4n) is 1.07. The second-order valence-electron chi connectivity index (χ2n) is 2.60.